The van der Waals surface area contributed by atoms with Crippen molar-refractivity contribution in [2.24, 2.45) is 5.73 Å². The van der Waals surface area contributed by atoms with Crippen molar-refractivity contribution >= 4 is 36.2 Å². The van der Waals surface area contributed by atoms with Crippen molar-refractivity contribution < 1.29 is 4.42 Å². The molecule has 3 rings (SSSR count). The van der Waals surface area contributed by atoms with Crippen molar-refractivity contribution in [1.29, 1.82) is 0 Å². The number of thiophene rings is 1. The highest BCUT2D eigenvalue weighted by atomic mass is 35.5. The van der Waals surface area contributed by atoms with Gasteiger partial charge in [0, 0.05) is 19.1 Å². The minimum absolute atomic E-state index is 0. The molecule has 0 bridgehead atoms. The van der Waals surface area contributed by atoms with Crippen LogP contribution in [-0.4, -0.2) is 29.0 Å². The van der Waals surface area contributed by atoms with E-state index in [2.05, 4.69) is 9.88 Å². The lowest BCUT2D eigenvalue weighted by molar-refractivity contribution is 0.199. The number of hydrogen-bond acceptors (Lipinski definition) is 5. The van der Waals surface area contributed by atoms with Crippen LogP contribution in [0.4, 0.5) is 0 Å². The Bertz CT molecular complexity index is 503. The number of likely N-dealkylation sites (tertiary alicyclic amines) is 1. The molecule has 0 radical (unpaired) electrons. The summed E-state index contributed by atoms with van der Waals surface area (Å²) in [5, 5.41) is 2.03. The van der Waals surface area contributed by atoms with Crippen molar-refractivity contribution in [3.05, 3.63) is 29.5 Å². The Morgan fingerprint density at radius 2 is 2.30 bits per heavy atom. The van der Waals surface area contributed by atoms with Gasteiger partial charge in [0.15, 0.2) is 0 Å². The van der Waals surface area contributed by atoms with Crippen molar-refractivity contribution in [3.63, 3.8) is 0 Å². The first-order valence-electron chi connectivity index (χ1n) is 6.27. The van der Waals surface area contributed by atoms with Crippen LogP contribution in [0.3, 0.4) is 0 Å². The zero-order valence-electron chi connectivity index (χ0n) is 11.0. The largest absolute Gasteiger partial charge is 0.444 e. The maximum Gasteiger partial charge on any atom is 0.236 e. The zero-order chi connectivity index (χ0) is 12.4. The lowest BCUT2D eigenvalue weighted by Gasteiger charge is -2.29. The summed E-state index contributed by atoms with van der Waals surface area (Å²) in [7, 11) is 0. The molecule has 2 aromatic heterocycles. The fourth-order valence-corrected chi connectivity index (χ4v) is 3.01. The standard InChI is InChI=1S/C13H17N3OS.2ClH/c14-10-3-1-5-16(7-10)8-11-9-17-13(15-11)12-4-2-6-18-12;;/h2,4,6,9-10H,1,3,5,7-8,14H2;2*1H. The predicted octanol–water partition coefficient (Wildman–Crippen LogP) is 3.17. The first-order valence-corrected chi connectivity index (χ1v) is 7.15. The first-order chi connectivity index (χ1) is 8.81. The molecule has 0 saturated carbocycles. The van der Waals surface area contributed by atoms with E-state index in [1.54, 1.807) is 17.6 Å². The van der Waals surface area contributed by atoms with E-state index < -0.39 is 0 Å². The third-order valence-electron chi connectivity index (χ3n) is 3.21. The van der Waals surface area contributed by atoms with Crippen LogP contribution in [0.15, 0.2) is 28.2 Å². The molecule has 7 heteroatoms. The Kier molecular flexibility index (Phi) is 6.99. The van der Waals surface area contributed by atoms with Gasteiger partial charge in [-0.1, -0.05) is 6.07 Å². The number of rotatable bonds is 3. The van der Waals surface area contributed by atoms with Crippen LogP contribution in [-0.2, 0) is 6.54 Å². The van der Waals surface area contributed by atoms with Crippen molar-refractivity contribution in [2.45, 2.75) is 25.4 Å². The maximum absolute atomic E-state index is 5.98. The molecule has 0 aliphatic carbocycles. The van der Waals surface area contributed by atoms with Gasteiger partial charge in [0.2, 0.25) is 5.89 Å². The Morgan fingerprint density at radius 3 is 3.00 bits per heavy atom. The van der Waals surface area contributed by atoms with Gasteiger partial charge >= 0.3 is 0 Å². The van der Waals surface area contributed by atoms with Crippen LogP contribution in [0, 0.1) is 0 Å². The molecule has 1 atom stereocenters. The van der Waals surface area contributed by atoms with Gasteiger partial charge in [0.25, 0.3) is 0 Å². The predicted molar refractivity (Wildman–Crippen MR) is 86.8 cm³/mol. The second kappa shape index (κ2) is 8.00. The fourth-order valence-electron chi connectivity index (χ4n) is 2.36. The van der Waals surface area contributed by atoms with E-state index in [4.69, 9.17) is 10.2 Å². The van der Waals surface area contributed by atoms with Crippen LogP contribution < -0.4 is 5.73 Å². The number of oxazole rings is 1. The second-order valence-corrected chi connectivity index (χ2v) is 5.71. The average molecular weight is 336 g/mol. The number of halogens is 2. The van der Waals surface area contributed by atoms with E-state index >= 15 is 0 Å². The summed E-state index contributed by atoms with van der Waals surface area (Å²) >= 11 is 1.65. The molecule has 1 fully saturated rings. The molecule has 2 aromatic rings. The smallest absolute Gasteiger partial charge is 0.236 e. The van der Waals surface area contributed by atoms with Crippen molar-refractivity contribution in [3.8, 4) is 10.8 Å². The summed E-state index contributed by atoms with van der Waals surface area (Å²) in [5.41, 5.74) is 6.97. The van der Waals surface area contributed by atoms with Crippen LogP contribution in [0.2, 0.25) is 0 Å². The summed E-state index contributed by atoms with van der Waals surface area (Å²) < 4.78 is 5.52. The van der Waals surface area contributed by atoms with Crippen molar-refractivity contribution in [1.82, 2.24) is 9.88 Å². The van der Waals surface area contributed by atoms with Gasteiger partial charge < -0.3 is 10.2 Å². The molecule has 1 unspecified atom stereocenters. The molecule has 2 N–H and O–H groups in total. The van der Waals surface area contributed by atoms with E-state index in [1.807, 2.05) is 17.5 Å². The lowest BCUT2D eigenvalue weighted by Crippen LogP contribution is -2.42. The molecule has 1 aliphatic heterocycles. The highest BCUT2D eigenvalue weighted by Gasteiger charge is 2.18. The SMILES string of the molecule is Cl.Cl.NC1CCCN(Cc2coc(-c3cccs3)n2)C1. The number of piperidine rings is 1. The fraction of sp³-hybridized carbons (Fsp3) is 0.462. The molecule has 0 amide bonds. The Labute approximate surface area is 135 Å². The van der Waals surface area contributed by atoms with E-state index in [0.29, 0.717) is 6.04 Å². The van der Waals surface area contributed by atoms with Crippen LogP contribution in [0.5, 0.6) is 0 Å². The monoisotopic (exact) mass is 335 g/mol. The average Bonchev–Trinajstić information content (AvgIpc) is 2.98. The van der Waals surface area contributed by atoms with Gasteiger partial charge in [-0.05, 0) is 30.8 Å². The minimum Gasteiger partial charge on any atom is -0.444 e. The summed E-state index contributed by atoms with van der Waals surface area (Å²) in [6.07, 6.45) is 4.07. The van der Waals surface area contributed by atoms with E-state index in [0.717, 1.165) is 42.5 Å². The van der Waals surface area contributed by atoms with Gasteiger partial charge in [0.1, 0.15) is 6.26 Å². The molecular formula is C13H19Cl2N3OS. The number of hydrogen-bond donors (Lipinski definition) is 1. The summed E-state index contributed by atoms with van der Waals surface area (Å²) in [5.74, 6) is 0.723. The molecular weight excluding hydrogens is 317 g/mol. The summed E-state index contributed by atoms with van der Waals surface area (Å²) in [6, 6.07) is 4.34. The molecule has 112 valence electrons. The molecule has 20 heavy (non-hydrogen) atoms. The Morgan fingerprint density at radius 1 is 1.45 bits per heavy atom. The number of nitrogens with two attached hydrogens (primary N) is 1. The lowest BCUT2D eigenvalue weighted by atomic mass is 10.1. The quantitative estimate of drug-likeness (QED) is 0.935. The Balaban J connectivity index is 0.000001000. The first kappa shape index (κ1) is 17.5. The summed E-state index contributed by atoms with van der Waals surface area (Å²) in [4.78, 5) is 7.96. The van der Waals surface area contributed by atoms with E-state index in [-0.39, 0.29) is 24.8 Å². The van der Waals surface area contributed by atoms with Crippen LogP contribution in [0.1, 0.15) is 18.5 Å². The maximum atomic E-state index is 5.98. The second-order valence-electron chi connectivity index (χ2n) is 4.76. The van der Waals surface area contributed by atoms with E-state index in [9.17, 15) is 0 Å². The molecule has 1 aliphatic rings. The Hall–Kier alpha value is -0.590. The van der Waals surface area contributed by atoms with Gasteiger partial charge in [-0.3, -0.25) is 4.90 Å². The molecule has 4 nitrogen and oxygen atoms in total. The van der Waals surface area contributed by atoms with Crippen molar-refractivity contribution in [2.75, 3.05) is 13.1 Å². The minimum atomic E-state index is 0. The summed E-state index contributed by atoms with van der Waals surface area (Å²) in [6.45, 7) is 2.90. The van der Waals surface area contributed by atoms with Gasteiger partial charge in [-0.2, -0.15) is 0 Å². The van der Waals surface area contributed by atoms with Crippen LogP contribution in [0.25, 0.3) is 10.8 Å². The zero-order valence-corrected chi connectivity index (χ0v) is 13.5. The van der Waals surface area contributed by atoms with E-state index in [1.165, 1.54) is 6.42 Å². The highest BCUT2D eigenvalue weighted by molar-refractivity contribution is 7.13. The van der Waals surface area contributed by atoms with Gasteiger partial charge in [-0.25, -0.2) is 4.98 Å². The van der Waals surface area contributed by atoms with Crippen LogP contribution >= 0.6 is 36.2 Å². The topological polar surface area (TPSA) is 55.3 Å². The highest BCUT2D eigenvalue weighted by Crippen LogP contribution is 2.24. The molecule has 3 heterocycles. The number of nitrogens with zero attached hydrogens (tertiary/aromatic N) is 2. The molecule has 0 spiro atoms. The molecule has 0 aromatic carbocycles. The third kappa shape index (κ3) is 4.20. The van der Waals surface area contributed by atoms with Gasteiger partial charge in [0.05, 0.1) is 10.6 Å². The third-order valence-corrected chi connectivity index (χ3v) is 4.07. The normalized spacial score (nSPS) is 19.1. The number of aromatic nitrogens is 1. The molecule has 1 saturated heterocycles. The van der Waals surface area contributed by atoms with Gasteiger partial charge in [-0.15, -0.1) is 36.2 Å².